The quantitative estimate of drug-likeness (QED) is 0.887. The lowest BCUT2D eigenvalue weighted by Gasteiger charge is -2.25. The van der Waals surface area contributed by atoms with Gasteiger partial charge in [-0.3, -0.25) is 9.59 Å². The zero-order valence-corrected chi connectivity index (χ0v) is 14.0. The van der Waals surface area contributed by atoms with Gasteiger partial charge in [0.1, 0.15) is 5.56 Å². The van der Waals surface area contributed by atoms with E-state index in [0.717, 1.165) is 11.3 Å². The molecular formula is C18H23N3O2. The molecule has 0 saturated carbocycles. The topological polar surface area (TPSA) is 65.2 Å². The van der Waals surface area contributed by atoms with Crippen molar-refractivity contribution in [3.8, 4) is 0 Å². The maximum atomic E-state index is 12.2. The van der Waals surface area contributed by atoms with Gasteiger partial charge in [0, 0.05) is 12.2 Å². The van der Waals surface area contributed by atoms with E-state index in [9.17, 15) is 9.59 Å². The summed E-state index contributed by atoms with van der Waals surface area (Å²) in [7, 11) is 3.94. The zero-order chi connectivity index (χ0) is 17.0. The van der Waals surface area contributed by atoms with E-state index in [0.29, 0.717) is 6.54 Å². The molecule has 1 heterocycles. The molecular weight excluding hydrogens is 290 g/mol. The Morgan fingerprint density at radius 1 is 1.13 bits per heavy atom. The molecule has 1 aromatic heterocycles. The number of carbonyl (C=O) groups is 1. The summed E-state index contributed by atoms with van der Waals surface area (Å²) in [6.07, 6.45) is 0. The minimum Gasteiger partial charge on any atom is -0.350 e. The number of aromatic amines is 1. The molecule has 0 bridgehead atoms. The maximum Gasteiger partial charge on any atom is 0.260 e. The van der Waals surface area contributed by atoms with Crippen molar-refractivity contribution in [2.75, 3.05) is 20.6 Å². The standard InChI is InChI=1S/C18H23N3O2/c1-12-5-8-14(9-6-12)16(21(3)4)11-19-17(22)15-10-7-13(2)20-18(15)23/h5-10,16H,11H2,1-4H3,(H,19,22)(H,20,23)/t16-/m1/s1. The number of hydrogen-bond acceptors (Lipinski definition) is 3. The Hall–Kier alpha value is -2.40. The Balaban J connectivity index is 2.11. The van der Waals surface area contributed by atoms with Crippen LogP contribution in [0.15, 0.2) is 41.2 Å². The molecule has 0 aliphatic rings. The van der Waals surface area contributed by atoms with Gasteiger partial charge in [-0.25, -0.2) is 0 Å². The van der Waals surface area contributed by atoms with Crippen molar-refractivity contribution < 1.29 is 4.79 Å². The lowest BCUT2D eigenvalue weighted by molar-refractivity contribution is 0.0940. The van der Waals surface area contributed by atoms with Crippen LogP contribution < -0.4 is 10.9 Å². The zero-order valence-electron chi connectivity index (χ0n) is 14.0. The number of hydrogen-bond donors (Lipinski definition) is 2. The molecule has 1 atom stereocenters. The fraction of sp³-hybridized carbons (Fsp3) is 0.333. The fourth-order valence-electron chi connectivity index (χ4n) is 2.42. The van der Waals surface area contributed by atoms with E-state index in [1.807, 2.05) is 25.9 Å². The Bertz CT molecular complexity index is 733. The third-order valence-electron chi connectivity index (χ3n) is 3.84. The van der Waals surface area contributed by atoms with Gasteiger partial charge >= 0.3 is 0 Å². The monoisotopic (exact) mass is 313 g/mol. The van der Waals surface area contributed by atoms with Crippen LogP contribution in [0, 0.1) is 13.8 Å². The van der Waals surface area contributed by atoms with Gasteiger partial charge in [0.2, 0.25) is 0 Å². The minimum absolute atomic E-state index is 0.0454. The lowest BCUT2D eigenvalue weighted by atomic mass is 10.0. The molecule has 5 heteroatoms. The number of H-pyrrole nitrogens is 1. The highest BCUT2D eigenvalue weighted by molar-refractivity contribution is 5.93. The van der Waals surface area contributed by atoms with E-state index in [1.54, 1.807) is 19.1 Å². The van der Waals surface area contributed by atoms with Gasteiger partial charge in [-0.2, -0.15) is 0 Å². The number of benzene rings is 1. The molecule has 0 radical (unpaired) electrons. The molecule has 0 unspecified atom stereocenters. The average Bonchev–Trinajstić information content (AvgIpc) is 2.48. The number of nitrogens with zero attached hydrogens (tertiary/aromatic N) is 1. The second-order valence-corrected chi connectivity index (χ2v) is 5.98. The van der Waals surface area contributed by atoms with Crippen molar-refractivity contribution in [1.29, 1.82) is 0 Å². The van der Waals surface area contributed by atoms with Crippen molar-refractivity contribution in [3.05, 3.63) is 69.1 Å². The van der Waals surface area contributed by atoms with Crippen molar-refractivity contribution in [1.82, 2.24) is 15.2 Å². The summed E-state index contributed by atoms with van der Waals surface area (Å²) >= 11 is 0. The molecule has 1 amide bonds. The second-order valence-electron chi connectivity index (χ2n) is 5.98. The van der Waals surface area contributed by atoms with Gasteiger partial charge < -0.3 is 15.2 Å². The van der Waals surface area contributed by atoms with E-state index in [4.69, 9.17) is 0 Å². The number of rotatable bonds is 5. The second kappa shape index (κ2) is 7.24. The van der Waals surface area contributed by atoms with Crippen LogP contribution in [0.25, 0.3) is 0 Å². The largest absolute Gasteiger partial charge is 0.350 e. The summed E-state index contributed by atoms with van der Waals surface area (Å²) in [5, 5.41) is 2.85. The first kappa shape index (κ1) is 17.0. The number of likely N-dealkylation sites (N-methyl/N-ethyl adjacent to an activating group) is 1. The molecule has 23 heavy (non-hydrogen) atoms. The summed E-state index contributed by atoms with van der Waals surface area (Å²) in [4.78, 5) is 28.8. The molecule has 2 N–H and O–H groups in total. The minimum atomic E-state index is -0.362. The molecule has 0 spiro atoms. The van der Waals surface area contributed by atoms with Crippen LogP contribution in [-0.2, 0) is 0 Å². The van der Waals surface area contributed by atoms with Gasteiger partial charge in [0.15, 0.2) is 0 Å². The first-order valence-corrected chi connectivity index (χ1v) is 7.59. The van der Waals surface area contributed by atoms with Crippen LogP contribution in [0.2, 0.25) is 0 Å². The summed E-state index contributed by atoms with van der Waals surface area (Å²) < 4.78 is 0. The summed E-state index contributed by atoms with van der Waals surface area (Å²) in [5.74, 6) is -0.356. The van der Waals surface area contributed by atoms with E-state index in [-0.39, 0.29) is 23.1 Å². The molecule has 2 rings (SSSR count). The highest BCUT2D eigenvalue weighted by atomic mass is 16.2. The van der Waals surface area contributed by atoms with Gasteiger partial charge in [0.05, 0.1) is 6.04 Å². The smallest absolute Gasteiger partial charge is 0.260 e. The van der Waals surface area contributed by atoms with Crippen molar-refractivity contribution in [2.24, 2.45) is 0 Å². The first-order valence-electron chi connectivity index (χ1n) is 7.59. The highest BCUT2D eigenvalue weighted by Gasteiger charge is 2.17. The summed E-state index contributed by atoms with van der Waals surface area (Å²) in [6, 6.07) is 11.6. The Kier molecular flexibility index (Phi) is 5.34. The van der Waals surface area contributed by atoms with Gasteiger partial charge in [-0.15, -0.1) is 0 Å². The SMILES string of the molecule is Cc1ccc([C@@H](CNC(=O)c2ccc(C)[nH]c2=O)N(C)C)cc1. The molecule has 5 nitrogen and oxygen atoms in total. The normalized spacial score (nSPS) is 12.2. The fourth-order valence-corrected chi connectivity index (χ4v) is 2.42. The van der Waals surface area contributed by atoms with Crippen LogP contribution in [0.1, 0.15) is 33.2 Å². The van der Waals surface area contributed by atoms with Gasteiger partial charge in [0.25, 0.3) is 11.5 Å². The summed E-state index contributed by atoms with van der Waals surface area (Å²) in [5.41, 5.74) is 2.83. The van der Waals surface area contributed by atoms with Gasteiger partial charge in [-0.05, 0) is 45.6 Å². The number of carbonyl (C=O) groups excluding carboxylic acids is 1. The van der Waals surface area contributed by atoms with Crippen LogP contribution in [0.4, 0.5) is 0 Å². The molecule has 1 aromatic carbocycles. The maximum absolute atomic E-state index is 12.2. The molecule has 2 aromatic rings. The van der Waals surface area contributed by atoms with Crippen LogP contribution in [0.5, 0.6) is 0 Å². The Labute approximate surface area is 136 Å². The molecule has 0 saturated heterocycles. The van der Waals surface area contributed by atoms with Crippen molar-refractivity contribution in [2.45, 2.75) is 19.9 Å². The molecule has 0 aliphatic carbocycles. The van der Waals surface area contributed by atoms with Crippen LogP contribution in [-0.4, -0.2) is 36.4 Å². The van der Waals surface area contributed by atoms with E-state index >= 15 is 0 Å². The van der Waals surface area contributed by atoms with Crippen molar-refractivity contribution >= 4 is 5.91 Å². The van der Waals surface area contributed by atoms with E-state index < -0.39 is 0 Å². The average molecular weight is 313 g/mol. The Morgan fingerprint density at radius 3 is 2.35 bits per heavy atom. The number of nitrogens with one attached hydrogen (secondary N) is 2. The van der Waals surface area contributed by atoms with E-state index in [2.05, 4.69) is 34.6 Å². The number of pyridine rings is 1. The number of aryl methyl sites for hydroxylation is 2. The Morgan fingerprint density at radius 2 is 1.78 bits per heavy atom. The van der Waals surface area contributed by atoms with Gasteiger partial charge in [-0.1, -0.05) is 29.8 Å². The number of aromatic nitrogens is 1. The molecule has 122 valence electrons. The molecule has 0 fully saturated rings. The van der Waals surface area contributed by atoms with E-state index in [1.165, 1.54) is 5.56 Å². The molecule has 0 aliphatic heterocycles. The van der Waals surface area contributed by atoms with Crippen LogP contribution >= 0.6 is 0 Å². The third kappa shape index (κ3) is 4.29. The van der Waals surface area contributed by atoms with Crippen LogP contribution in [0.3, 0.4) is 0 Å². The predicted molar refractivity (Wildman–Crippen MR) is 91.7 cm³/mol. The first-order chi connectivity index (χ1) is 10.9. The van der Waals surface area contributed by atoms with Crippen molar-refractivity contribution in [3.63, 3.8) is 0 Å². The summed E-state index contributed by atoms with van der Waals surface area (Å²) in [6.45, 7) is 4.25. The highest BCUT2D eigenvalue weighted by Crippen LogP contribution is 2.18. The lowest BCUT2D eigenvalue weighted by Crippen LogP contribution is -2.36. The third-order valence-corrected chi connectivity index (χ3v) is 3.84. The predicted octanol–water partition coefficient (Wildman–Crippen LogP) is 2.02. The number of amides is 1.